The number of aldehydes is 1. The Hall–Kier alpha value is -1.75. The molecule has 1 aromatic rings. The molecule has 5 heteroatoms. The SMILES string of the molecule is O=Cc1cccc(C(=O)N2CCNCC2)c1F. The van der Waals surface area contributed by atoms with Crippen molar-refractivity contribution in [3.05, 3.63) is 35.1 Å². The maximum atomic E-state index is 13.8. The van der Waals surface area contributed by atoms with Crippen LogP contribution in [0.15, 0.2) is 18.2 Å². The van der Waals surface area contributed by atoms with Gasteiger partial charge in [-0.05, 0) is 12.1 Å². The van der Waals surface area contributed by atoms with Crippen molar-refractivity contribution in [1.82, 2.24) is 10.2 Å². The van der Waals surface area contributed by atoms with Gasteiger partial charge in [-0.25, -0.2) is 4.39 Å². The number of benzene rings is 1. The first-order valence-electron chi connectivity index (χ1n) is 5.47. The molecule has 0 unspecified atom stereocenters. The fourth-order valence-electron chi connectivity index (χ4n) is 1.84. The predicted molar refractivity (Wildman–Crippen MR) is 60.6 cm³/mol. The van der Waals surface area contributed by atoms with Crippen molar-refractivity contribution in [2.75, 3.05) is 26.2 Å². The number of nitrogens with zero attached hydrogens (tertiary/aromatic N) is 1. The molecule has 1 saturated heterocycles. The molecule has 1 aliphatic heterocycles. The average Bonchev–Trinajstić information content (AvgIpc) is 2.39. The summed E-state index contributed by atoms with van der Waals surface area (Å²) in [6.45, 7) is 2.54. The Bertz CT molecular complexity index is 442. The zero-order valence-corrected chi connectivity index (χ0v) is 9.28. The van der Waals surface area contributed by atoms with Gasteiger partial charge in [-0.3, -0.25) is 9.59 Å². The first kappa shape index (κ1) is 11.7. The molecule has 2 rings (SSSR count). The fraction of sp³-hybridized carbons (Fsp3) is 0.333. The average molecular weight is 236 g/mol. The van der Waals surface area contributed by atoms with Gasteiger partial charge in [-0.2, -0.15) is 0 Å². The highest BCUT2D eigenvalue weighted by molar-refractivity contribution is 5.96. The Morgan fingerprint density at radius 2 is 2.06 bits per heavy atom. The van der Waals surface area contributed by atoms with Gasteiger partial charge in [-0.1, -0.05) is 6.07 Å². The van der Waals surface area contributed by atoms with E-state index in [1.807, 2.05) is 0 Å². The Kier molecular flexibility index (Phi) is 3.49. The zero-order chi connectivity index (χ0) is 12.3. The summed E-state index contributed by atoms with van der Waals surface area (Å²) in [7, 11) is 0. The summed E-state index contributed by atoms with van der Waals surface area (Å²) in [5.74, 6) is -1.08. The van der Waals surface area contributed by atoms with Crippen LogP contribution in [-0.2, 0) is 0 Å². The number of nitrogens with one attached hydrogen (secondary N) is 1. The fourth-order valence-corrected chi connectivity index (χ4v) is 1.84. The lowest BCUT2D eigenvalue weighted by atomic mass is 10.1. The van der Waals surface area contributed by atoms with Crippen LogP contribution in [0.25, 0.3) is 0 Å². The lowest BCUT2D eigenvalue weighted by Gasteiger charge is -2.27. The van der Waals surface area contributed by atoms with Gasteiger partial charge in [0.25, 0.3) is 5.91 Å². The third-order valence-electron chi connectivity index (χ3n) is 2.79. The summed E-state index contributed by atoms with van der Waals surface area (Å²) < 4.78 is 13.8. The van der Waals surface area contributed by atoms with E-state index >= 15 is 0 Å². The number of amides is 1. The van der Waals surface area contributed by atoms with Crippen LogP contribution in [0.4, 0.5) is 4.39 Å². The van der Waals surface area contributed by atoms with Crippen molar-refractivity contribution in [2.45, 2.75) is 0 Å². The second-order valence-corrected chi connectivity index (χ2v) is 3.87. The summed E-state index contributed by atoms with van der Waals surface area (Å²) in [6.07, 6.45) is 0.421. The first-order valence-corrected chi connectivity index (χ1v) is 5.47. The second-order valence-electron chi connectivity index (χ2n) is 3.87. The van der Waals surface area contributed by atoms with E-state index in [0.717, 1.165) is 0 Å². The Labute approximate surface area is 98.4 Å². The second kappa shape index (κ2) is 5.05. The van der Waals surface area contributed by atoms with Crippen molar-refractivity contribution >= 4 is 12.2 Å². The highest BCUT2D eigenvalue weighted by Crippen LogP contribution is 2.14. The van der Waals surface area contributed by atoms with E-state index in [-0.39, 0.29) is 17.0 Å². The number of carbonyl (C=O) groups is 2. The Morgan fingerprint density at radius 1 is 1.35 bits per heavy atom. The summed E-state index contributed by atoms with van der Waals surface area (Å²) in [4.78, 5) is 24.2. The molecule has 1 N–H and O–H groups in total. The van der Waals surface area contributed by atoms with Crippen molar-refractivity contribution in [3.8, 4) is 0 Å². The molecule has 4 nitrogen and oxygen atoms in total. The maximum absolute atomic E-state index is 13.8. The predicted octanol–water partition coefficient (Wildman–Crippen LogP) is 0.684. The van der Waals surface area contributed by atoms with Gasteiger partial charge >= 0.3 is 0 Å². The van der Waals surface area contributed by atoms with Gasteiger partial charge < -0.3 is 10.2 Å². The molecule has 0 aromatic heterocycles. The quantitative estimate of drug-likeness (QED) is 0.768. The number of hydrogen-bond acceptors (Lipinski definition) is 3. The van der Waals surface area contributed by atoms with Crippen LogP contribution in [0.3, 0.4) is 0 Å². The van der Waals surface area contributed by atoms with Crippen LogP contribution in [0, 0.1) is 5.82 Å². The Morgan fingerprint density at radius 3 is 2.71 bits per heavy atom. The minimum atomic E-state index is -0.731. The molecule has 0 atom stereocenters. The van der Waals surface area contributed by atoms with Crippen molar-refractivity contribution < 1.29 is 14.0 Å². The summed E-state index contributed by atoms with van der Waals surface area (Å²) >= 11 is 0. The third-order valence-corrected chi connectivity index (χ3v) is 2.79. The van der Waals surface area contributed by atoms with Crippen LogP contribution in [0.1, 0.15) is 20.7 Å². The molecule has 0 aliphatic carbocycles. The standard InChI is InChI=1S/C12H13FN2O2/c13-11-9(8-16)2-1-3-10(11)12(17)15-6-4-14-5-7-15/h1-3,8,14H,4-7H2. The molecule has 0 spiro atoms. The monoisotopic (exact) mass is 236 g/mol. The number of halogens is 1. The van der Waals surface area contributed by atoms with E-state index in [0.29, 0.717) is 32.5 Å². The zero-order valence-electron chi connectivity index (χ0n) is 9.28. The van der Waals surface area contributed by atoms with E-state index in [9.17, 15) is 14.0 Å². The van der Waals surface area contributed by atoms with E-state index in [1.54, 1.807) is 4.90 Å². The summed E-state index contributed by atoms with van der Waals surface area (Å²) in [5.41, 5.74) is -0.109. The van der Waals surface area contributed by atoms with Crippen LogP contribution in [-0.4, -0.2) is 43.3 Å². The molecule has 0 radical (unpaired) electrons. The lowest BCUT2D eigenvalue weighted by molar-refractivity contribution is 0.0731. The Balaban J connectivity index is 2.26. The topological polar surface area (TPSA) is 49.4 Å². The maximum Gasteiger partial charge on any atom is 0.256 e. The largest absolute Gasteiger partial charge is 0.336 e. The molecule has 0 bridgehead atoms. The van der Waals surface area contributed by atoms with Crippen LogP contribution in [0.5, 0.6) is 0 Å². The van der Waals surface area contributed by atoms with Gasteiger partial charge in [0, 0.05) is 26.2 Å². The van der Waals surface area contributed by atoms with E-state index in [4.69, 9.17) is 0 Å². The molecule has 1 heterocycles. The normalized spacial score (nSPS) is 15.7. The molecule has 1 fully saturated rings. The molecular formula is C12H13FN2O2. The highest BCUT2D eigenvalue weighted by atomic mass is 19.1. The van der Waals surface area contributed by atoms with Crippen molar-refractivity contribution in [1.29, 1.82) is 0 Å². The first-order chi connectivity index (χ1) is 8.24. The molecule has 1 aliphatic rings. The van der Waals surface area contributed by atoms with Gasteiger partial charge in [-0.15, -0.1) is 0 Å². The van der Waals surface area contributed by atoms with Crippen LogP contribution in [0.2, 0.25) is 0 Å². The van der Waals surface area contributed by atoms with Gasteiger partial charge in [0.1, 0.15) is 5.82 Å². The summed E-state index contributed by atoms with van der Waals surface area (Å²) in [6, 6.07) is 4.28. The van der Waals surface area contributed by atoms with E-state index in [1.165, 1.54) is 18.2 Å². The summed E-state index contributed by atoms with van der Waals surface area (Å²) in [5, 5.41) is 3.11. The van der Waals surface area contributed by atoms with Crippen molar-refractivity contribution in [3.63, 3.8) is 0 Å². The van der Waals surface area contributed by atoms with E-state index in [2.05, 4.69) is 5.32 Å². The smallest absolute Gasteiger partial charge is 0.256 e. The molecule has 90 valence electrons. The molecule has 1 aromatic carbocycles. The minimum absolute atomic E-state index is 0.0310. The van der Waals surface area contributed by atoms with E-state index < -0.39 is 5.82 Å². The molecule has 0 saturated carbocycles. The highest BCUT2D eigenvalue weighted by Gasteiger charge is 2.21. The van der Waals surface area contributed by atoms with Crippen molar-refractivity contribution in [2.24, 2.45) is 0 Å². The van der Waals surface area contributed by atoms with Gasteiger partial charge in [0.05, 0.1) is 11.1 Å². The molecule has 17 heavy (non-hydrogen) atoms. The van der Waals surface area contributed by atoms with Crippen LogP contribution >= 0.6 is 0 Å². The van der Waals surface area contributed by atoms with Gasteiger partial charge in [0.2, 0.25) is 0 Å². The molecule has 1 amide bonds. The van der Waals surface area contributed by atoms with Gasteiger partial charge in [0.15, 0.2) is 6.29 Å². The number of rotatable bonds is 2. The third kappa shape index (κ3) is 2.34. The number of hydrogen-bond donors (Lipinski definition) is 1. The molecular weight excluding hydrogens is 223 g/mol. The number of carbonyl (C=O) groups excluding carboxylic acids is 2. The lowest BCUT2D eigenvalue weighted by Crippen LogP contribution is -2.46. The minimum Gasteiger partial charge on any atom is -0.336 e. The van der Waals surface area contributed by atoms with Crippen LogP contribution < -0.4 is 5.32 Å². The number of piperazine rings is 1.